The Morgan fingerprint density at radius 1 is 1.56 bits per heavy atom. The Balaban J connectivity index is 4.28. The lowest BCUT2D eigenvalue weighted by atomic mass is 10.2. The van der Waals surface area contributed by atoms with E-state index in [1.807, 2.05) is 20.8 Å². The van der Waals surface area contributed by atoms with Gasteiger partial charge in [0.15, 0.2) is 6.54 Å². The van der Waals surface area contributed by atoms with Crippen molar-refractivity contribution in [2.75, 3.05) is 6.54 Å². The van der Waals surface area contributed by atoms with Crippen LogP contribution in [0.4, 0.5) is 0 Å². The lowest BCUT2D eigenvalue weighted by Crippen LogP contribution is -2.15. The quantitative estimate of drug-likeness (QED) is 0.259. The van der Waals surface area contributed by atoms with Crippen molar-refractivity contribution in [1.82, 2.24) is 0 Å². The molecular weight excluding hydrogens is 114 g/mol. The van der Waals surface area contributed by atoms with E-state index in [1.165, 1.54) is 4.74 Å². The molecule has 0 bridgehead atoms. The maximum Gasteiger partial charge on any atom is 0.226 e. The van der Waals surface area contributed by atoms with Gasteiger partial charge in [0.1, 0.15) is 0 Å². The minimum atomic E-state index is 0.610. The van der Waals surface area contributed by atoms with E-state index in [1.54, 1.807) is 0 Å². The SMILES string of the molecule is C=C(C)/C(C)=[N+](\O)CC. The fraction of sp³-hybridized carbons (Fsp3) is 0.571. The minimum Gasteiger partial charge on any atom is -0.291 e. The third kappa shape index (κ3) is 2.31. The predicted molar refractivity (Wildman–Crippen MR) is 38.1 cm³/mol. The number of nitrogens with zero attached hydrogens (tertiary/aromatic N) is 1. The zero-order valence-electron chi connectivity index (χ0n) is 6.31. The Morgan fingerprint density at radius 2 is 2.00 bits per heavy atom. The van der Waals surface area contributed by atoms with E-state index in [0.717, 1.165) is 11.3 Å². The molecule has 0 spiro atoms. The summed E-state index contributed by atoms with van der Waals surface area (Å²) in [6.45, 7) is 9.88. The van der Waals surface area contributed by atoms with Gasteiger partial charge in [0.2, 0.25) is 5.71 Å². The van der Waals surface area contributed by atoms with Crippen LogP contribution in [0.2, 0.25) is 0 Å². The van der Waals surface area contributed by atoms with E-state index in [2.05, 4.69) is 6.58 Å². The molecule has 0 atom stereocenters. The summed E-state index contributed by atoms with van der Waals surface area (Å²) in [5.41, 5.74) is 1.73. The maximum absolute atomic E-state index is 9.03. The topological polar surface area (TPSA) is 23.2 Å². The Bertz CT molecular complexity index is 147. The van der Waals surface area contributed by atoms with Gasteiger partial charge >= 0.3 is 0 Å². The normalized spacial score (nSPS) is 12.8. The molecule has 0 aliphatic carbocycles. The summed E-state index contributed by atoms with van der Waals surface area (Å²) < 4.78 is 1.18. The molecule has 0 unspecified atom stereocenters. The van der Waals surface area contributed by atoms with Gasteiger partial charge in [-0.05, 0) is 18.6 Å². The van der Waals surface area contributed by atoms with Gasteiger partial charge in [0.05, 0.1) is 0 Å². The summed E-state index contributed by atoms with van der Waals surface area (Å²) >= 11 is 0. The van der Waals surface area contributed by atoms with Gasteiger partial charge in [0.25, 0.3) is 0 Å². The fourth-order valence-corrected chi connectivity index (χ4v) is 0.457. The van der Waals surface area contributed by atoms with E-state index in [4.69, 9.17) is 5.21 Å². The highest BCUT2D eigenvalue weighted by Crippen LogP contribution is 1.89. The van der Waals surface area contributed by atoms with Crippen molar-refractivity contribution in [2.24, 2.45) is 0 Å². The summed E-state index contributed by atoms with van der Waals surface area (Å²) in [4.78, 5) is 0. The van der Waals surface area contributed by atoms with Gasteiger partial charge in [-0.2, -0.15) is 0 Å². The smallest absolute Gasteiger partial charge is 0.226 e. The number of hydrogen-bond donors (Lipinski definition) is 1. The van der Waals surface area contributed by atoms with E-state index in [0.29, 0.717) is 6.54 Å². The Morgan fingerprint density at radius 3 is 2.11 bits per heavy atom. The first-order valence-corrected chi connectivity index (χ1v) is 3.05. The van der Waals surface area contributed by atoms with Gasteiger partial charge < -0.3 is 0 Å². The predicted octanol–water partition coefficient (Wildman–Crippen LogP) is 1.45. The molecule has 52 valence electrons. The number of rotatable bonds is 2. The monoisotopic (exact) mass is 128 g/mol. The molecule has 0 aliphatic rings. The van der Waals surface area contributed by atoms with Crippen LogP contribution in [0.25, 0.3) is 0 Å². The van der Waals surface area contributed by atoms with Crippen molar-refractivity contribution in [3.63, 3.8) is 0 Å². The van der Waals surface area contributed by atoms with Gasteiger partial charge in [-0.3, -0.25) is 5.21 Å². The van der Waals surface area contributed by atoms with Crippen molar-refractivity contribution in [1.29, 1.82) is 0 Å². The lowest BCUT2D eigenvalue weighted by Gasteiger charge is -1.92. The molecule has 0 saturated heterocycles. The summed E-state index contributed by atoms with van der Waals surface area (Å²) in [7, 11) is 0. The summed E-state index contributed by atoms with van der Waals surface area (Å²) in [6, 6.07) is 0. The second kappa shape index (κ2) is 3.28. The van der Waals surface area contributed by atoms with Crippen molar-refractivity contribution >= 4 is 5.71 Å². The number of hydroxylamine groups is 1. The largest absolute Gasteiger partial charge is 0.291 e. The van der Waals surface area contributed by atoms with E-state index in [9.17, 15) is 0 Å². The molecule has 2 nitrogen and oxygen atoms in total. The molecule has 2 heteroatoms. The van der Waals surface area contributed by atoms with Crippen LogP contribution < -0.4 is 0 Å². The Kier molecular flexibility index (Phi) is 2.99. The lowest BCUT2D eigenvalue weighted by molar-refractivity contribution is -0.772. The molecule has 0 aromatic carbocycles. The van der Waals surface area contributed by atoms with Crippen molar-refractivity contribution in [3.8, 4) is 0 Å². The zero-order valence-corrected chi connectivity index (χ0v) is 6.31. The van der Waals surface area contributed by atoms with Crippen LogP contribution in [-0.4, -0.2) is 22.2 Å². The van der Waals surface area contributed by atoms with Crippen LogP contribution in [0.1, 0.15) is 20.8 Å². The second-order valence-electron chi connectivity index (χ2n) is 2.08. The van der Waals surface area contributed by atoms with Gasteiger partial charge in [-0.15, -0.1) is 0 Å². The molecule has 0 aromatic heterocycles. The first kappa shape index (κ1) is 8.21. The van der Waals surface area contributed by atoms with Crippen molar-refractivity contribution < 1.29 is 9.95 Å². The third-order valence-corrected chi connectivity index (χ3v) is 1.30. The molecule has 0 aromatic rings. The highest BCUT2D eigenvalue weighted by Gasteiger charge is 2.04. The van der Waals surface area contributed by atoms with Crippen molar-refractivity contribution in [3.05, 3.63) is 12.2 Å². The number of allylic oxidation sites excluding steroid dienone is 1. The molecular formula is C7H14NO+. The average Bonchev–Trinajstić information content (AvgIpc) is 1.84. The Hall–Kier alpha value is -0.790. The molecule has 1 N–H and O–H groups in total. The molecule has 0 heterocycles. The van der Waals surface area contributed by atoms with Crippen LogP contribution in [0.15, 0.2) is 12.2 Å². The third-order valence-electron chi connectivity index (χ3n) is 1.30. The minimum absolute atomic E-state index is 0.610. The average molecular weight is 128 g/mol. The summed E-state index contributed by atoms with van der Waals surface area (Å²) in [6.07, 6.45) is 0. The molecule has 0 aliphatic heterocycles. The van der Waals surface area contributed by atoms with Crippen molar-refractivity contribution in [2.45, 2.75) is 20.8 Å². The van der Waals surface area contributed by atoms with Crippen LogP contribution >= 0.6 is 0 Å². The molecule has 0 saturated carbocycles. The molecule has 0 rings (SSSR count). The van der Waals surface area contributed by atoms with Crippen LogP contribution in [0.5, 0.6) is 0 Å². The fourth-order valence-electron chi connectivity index (χ4n) is 0.457. The van der Waals surface area contributed by atoms with E-state index < -0.39 is 0 Å². The zero-order chi connectivity index (χ0) is 7.44. The first-order valence-electron chi connectivity index (χ1n) is 3.05. The van der Waals surface area contributed by atoms with Crippen LogP contribution in [0, 0.1) is 0 Å². The summed E-state index contributed by atoms with van der Waals surface area (Å²) in [5.74, 6) is 0. The maximum atomic E-state index is 9.03. The van der Waals surface area contributed by atoms with E-state index in [-0.39, 0.29) is 0 Å². The van der Waals surface area contributed by atoms with Crippen LogP contribution in [0.3, 0.4) is 0 Å². The van der Waals surface area contributed by atoms with Gasteiger partial charge in [0, 0.05) is 12.5 Å². The highest BCUT2D eigenvalue weighted by molar-refractivity contribution is 5.92. The van der Waals surface area contributed by atoms with Crippen LogP contribution in [-0.2, 0) is 0 Å². The molecule has 0 fully saturated rings. The highest BCUT2D eigenvalue weighted by atomic mass is 16.5. The summed E-state index contributed by atoms with van der Waals surface area (Å²) in [5, 5.41) is 9.03. The van der Waals surface area contributed by atoms with E-state index >= 15 is 0 Å². The molecule has 0 amide bonds. The standard InChI is InChI=1S/C7H14NO/c1-5-8(9)7(4)6(2)3/h9H,2,5H2,1,3-4H3/q+1/b8-7-. The van der Waals surface area contributed by atoms with Gasteiger partial charge in [-0.25, -0.2) is 0 Å². The second-order valence-corrected chi connectivity index (χ2v) is 2.08. The molecule has 9 heavy (non-hydrogen) atoms. The number of hydrogen-bond acceptors (Lipinski definition) is 1. The van der Waals surface area contributed by atoms with Gasteiger partial charge in [-0.1, -0.05) is 6.58 Å². The Labute approximate surface area is 56.1 Å². The first-order chi connectivity index (χ1) is 4.09. The molecule has 0 radical (unpaired) electrons.